The van der Waals surface area contributed by atoms with Crippen LogP contribution in [0.15, 0.2) is 47.5 Å². The zero-order valence-electron chi connectivity index (χ0n) is 17.9. The van der Waals surface area contributed by atoms with Gasteiger partial charge < -0.3 is 15.4 Å². The van der Waals surface area contributed by atoms with Gasteiger partial charge in [0.25, 0.3) is 0 Å². The average molecular weight is 561 g/mol. The molecule has 1 fully saturated rings. The summed E-state index contributed by atoms with van der Waals surface area (Å²) in [6.07, 6.45) is 3.72. The number of hydrogen-bond donors (Lipinski definition) is 2. The molecule has 170 valence electrons. The molecule has 1 heterocycles. The highest BCUT2D eigenvalue weighted by atomic mass is 127. The van der Waals surface area contributed by atoms with Crippen LogP contribution in [0.3, 0.4) is 0 Å². The van der Waals surface area contributed by atoms with Gasteiger partial charge in [-0.15, -0.1) is 24.0 Å². The fraction of sp³-hybridized carbons (Fsp3) is 0.435. The third-order valence-corrected chi connectivity index (χ3v) is 6.24. The second kappa shape index (κ2) is 12.6. The number of thioether (sulfide) groups is 1. The highest BCUT2D eigenvalue weighted by molar-refractivity contribution is 14.0. The summed E-state index contributed by atoms with van der Waals surface area (Å²) >= 11 is 1.67. The quantitative estimate of drug-likeness (QED) is 0.288. The van der Waals surface area contributed by atoms with Gasteiger partial charge in [0, 0.05) is 44.5 Å². The summed E-state index contributed by atoms with van der Waals surface area (Å²) in [6, 6.07) is 11.7. The molecule has 1 aliphatic heterocycles. The molecule has 4 nitrogen and oxygen atoms in total. The van der Waals surface area contributed by atoms with Gasteiger partial charge in [-0.2, -0.15) is 11.8 Å². The van der Waals surface area contributed by atoms with Crippen LogP contribution >= 0.6 is 35.7 Å². The van der Waals surface area contributed by atoms with Crippen LogP contribution in [-0.2, 0) is 22.4 Å². The number of guanidine groups is 1. The predicted molar refractivity (Wildman–Crippen MR) is 135 cm³/mol. The molecule has 3 rings (SSSR count). The smallest absolute Gasteiger partial charge is 0.191 e. The molecule has 0 amide bonds. The lowest BCUT2D eigenvalue weighted by Crippen LogP contribution is -2.48. The molecule has 0 bridgehead atoms. The number of halogens is 3. The molecule has 1 saturated heterocycles. The van der Waals surface area contributed by atoms with Crippen molar-refractivity contribution in [3.63, 3.8) is 0 Å². The molecule has 0 saturated carbocycles. The molecule has 2 aromatic carbocycles. The van der Waals surface area contributed by atoms with Crippen molar-refractivity contribution in [1.29, 1.82) is 0 Å². The Hall–Kier alpha value is -1.39. The Kier molecular flexibility index (Phi) is 10.5. The summed E-state index contributed by atoms with van der Waals surface area (Å²) in [5.41, 5.74) is 3.00. The third kappa shape index (κ3) is 7.05. The maximum absolute atomic E-state index is 13.6. The number of rotatable bonds is 7. The lowest BCUT2D eigenvalue weighted by atomic mass is 9.74. The summed E-state index contributed by atoms with van der Waals surface area (Å²) in [5, 5.41) is 6.77. The second-order valence-electron chi connectivity index (χ2n) is 7.52. The van der Waals surface area contributed by atoms with E-state index in [1.54, 1.807) is 24.9 Å². The van der Waals surface area contributed by atoms with E-state index in [2.05, 4.69) is 15.6 Å². The Morgan fingerprint density at radius 1 is 1.03 bits per heavy atom. The largest absolute Gasteiger partial charge is 0.381 e. The predicted octanol–water partition coefficient (Wildman–Crippen LogP) is 4.86. The van der Waals surface area contributed by atoms with E-state index in [9.17, 15) is 8.78 Å². The second-order valence-corrected chi connectivity index (χ2v) is 8.39. The summed E-state index contributed by atoms with van der Waals surface area (Å²) < 4.78 is 32.6. The zero-order chi connectivity index (χ0) is 21.4. The van der Waals surface area contributed by atoms with E-state index in [4.69, 9.17) is 4.74 Å². The van der Waals surface area contributed by atoms with Gasteiger partial charge in [-0.3, -0.25) is 4.99 Å². The van der Waals surface area contributed by atoms with E-state index >= 15 is 0 Å². The van der Waals surface area contributed by atoms with Gasteiger partial charge in [-0.25, -0.2) is 8.78 Å². The van der Waals surface area contributed by atoms with Gasteiger partial charge in [0.2, 0.25) is 0 Å². The van der Waals surface area contributed by atoms with Crippen molar-refractivity contribution in [2.24, 2.45) is 4.99 Å². The normalized spacial score (nSPS) is 15.8. The number of nitrogens with zero attached hydrogens (tertiary/aromatic N) is 1. The minimum absolute atomic E-state index is 0. The molecule has 0 aliphatic carbocycles. The van der Waals surface area contributed by atoms with Crippen LogP contribution in [0.5, 0.6) is 0 Å². The van der Waals surface area contributed by atoms with Gasteiger partial charge in [0.15, 0.2) is 5.96 Å². The summed E-state index contributed by atoms with van der Waals surface area (Å²) in [6.45, 7) is 2.59. The molecule has 31 heavy (non-hydrogen) atoms. The van der Waals surface area contributed by atoms with Gasteiger partial charge in [0.1, 0.15) is 11.6 Å². The van der Waals surface area contributed by atoms with Gasteiger partial charge >= 0.3 is 0 Å². The summed E-state index contributed by atoms with van der Waals surface area (Å²) in [4.78, 5) is 4.34. The standard InChI is InChI=1S/C23H29F2N3OS.HI/c1-26-22(27-14-17-3-6-21(25)13-18(17)15-30-2)28-16-23(9-11-29-12-10-23)19-4-7-20(24)8-5-19;/h3-8,13H,9-12,14-16H2,1-2H3,(H2,26,27,28);1H. The van der Waals surface area contributed by atoms with Crippen molar-refractivity contribution >= 4 is 41.7 Å². The molecule has 2 N–H and O–H groups in total. The molecule has 0 atom stereocenters. The topological polar surface area (TPSA) is 45.7 Å². The minimum atomic E-state index is -0.230. The van der Waals surface area contributed by atoms with Crippen molar-refractivity contribution in [3.8, 4) is 0 Å². The third-order valence-electron chi connectivity index (χ3n) is 5.64. The fourth-order valence-corrected chi connectivity index (χ4v) is 4.42. The molecule has 0 spiro atoms. The average Bonchev–Trinajstić information content (AvgIpc) is 2.76. The van der Waals surface area contributed by atoms with Gasteiger partial charge in [-0.1, -0.05) is 18.2 Å². The molecule has 0 unspecified atom stereocenters. The van der Waals surface area contributed by atoms with Crippen LogP contribution in [0.25, 0.3) is 0 Å². The molecule has 2 aromatic rings. The van der Waals surface area contributed by atoms with E-state index in [0.717, 1.165) is 35.3 Å². The maximum atomic E-state index is 13.6. The van der Waals surface area contributed by atoms with Crippen molar-refractivity contribution in [2.45, 2.75) is 30.6 Å². The molecular weight excluding hydrogens is 531 g/mol. The highest BCUT2D eigenvalue weighted by Crippen LogP contribution is 2.34. The van der Waals surface area contributed by atoms with E-state index < -0.39 is 0 Å². The zero-order valence-corrected chi connectivity index (χ0v) is 21.1. The van der Waals surface area contributed by atoms with E-state index in [1.807, 2.05) is 24.5 Å². The first-order valence-electron chi connectivity index (χ1n) is 10.1. The molecule has 8 heteroatoms. The maximum Gasteiger partial charge on any atom is 0.191 e. The van der Waals surface area contributed by atoms with E-state index in [-0.39, 0.29) is 41.0 Å². The number of nitrogens with one attached hydrogen (secondary N) is 2. The SMILES string of the molecule is CN=C(NCc1ccc(F)cc1CSC)NCC1(c2ccc(F)cc2)CCOCC1.I. The van der Waals surface area contributed by atoms with Crippen molar-refractivity contribution in [3.05, 3.63) is 70.8 Å². The number of ether oxygens (including phenoxy) is 1. The Bertz CT molecular complexity index is 858. The van der Waals surface area contributed by atoms with Crippen LogP contribution in [-0.4, -0.2) is 39.0 Å². The molecule has 0 aromatic heterocycles. The Morgan fingerprint density at radius 3 is 2.35 bits per heavy atom. The van der Waals surface area contributed by atoms with Crippen LogP contribution in [0.2, 0.25) is 0 Å². The summed E-state index contributed by atoms with van der Waals surface area (Å²) in [7, 11) is 1.73. The van der Waals surface area contributed by atoms with Crippen LogP contribution in [0.1, 0.15) is 29.5 Å². The molecular formula is C23H30F2IN3OS. The Morgan fingerprint density at radius 2 is 1.71 bits per heavy atom. The van der Waals surface area contributed by atoms with E-state index in [1.165, 1.54) is 18.2 Å². The first-order valence-corrected chi connectivity index (χ1v) is 11.5. The van der Waals surface area contributed by atoms with Crippen LogP contribution in [0, 0.1) is 11.6 Å². The van der Waals surface area contributed by atoms with Gasteiger partial charge in [-0.05, 0) is 60.1 Å². The lowest BCUT2D eigenvalue weighted by Gasteiger charge is -2.38. The van der Waals surface area contributed by atoms with Crippen LogP contribution in [0.4, 0.5) is 8.78 Å². The van der Waals surface area contributed by atoms with Gasteiger partial charge in [0.05, 0.1) is 0 Å². The molecule has 0 radical (unpaired) electrons. The Balaban J connectivity index is 0.00000341. The lowest BCUT2D eigenvalue weighted by molar-refractivity contribution is 0.0513. The first kappa shape index (κ1) is 25.9. The highest BCUT2D eigenvalue weighted by Gasteiger charge is 2.34. The number of aliphatic imine (C=N–C) groups is 1. The number of hydrogen-bond acceptors (Lipinski definition) is 3. The fourth-order valence-electron chi connectivity index (χ4n) is 3.84. The minimum Gasteiger partial charge on any atom is -0.381 e. The number of benzene rings is 2. The first-order chi connectivity index (χ1) is 14.6. The van der Waals surface area contributed by atoms with E-state index in [0.29, 0.717) is 32.3 Å². The monoisotopic (exact) mass is 561 g/mol. The van der Waals surface area contributed by atoms with Crippen molar-refractivity contribution in [2.75, 3.05) is 33.1 Å². The summed E-state index contributed by atoms with van der Waals surface area (Å²) in [5.74, 6) is 0.995. The van der Waals surface area contributed by atoms with Crippen molar-refractivity contribution in [1.82, 2.24) is 10.6 Å². The van der Waals surface area contributed by atoms with Crippen molar-refractivity contribution < 1.29 is 13.5 Å². The molecule has 1 aliphatic rings. The Labute approximate surface area is 204 Å². The van der Waals surface area contributed by atoms with Crippen LogP contribution < -0.4 is 10.6 Å².